The average molecular weight is 296 g/mol. The lowest BCUT2D eigenvalue weighted by molar-refractivity contribution is -0.146. The number of carboxylic acids is 1. The second kappa shape index (κ2) is 6.35. The summed E-state index contributed by atoms with van der Waals surface area (Å²) in [5, 5.41) is 11.4. The van der Waals surface area contributed by atoms with E-state index in [1.54, 1.807) is 10.4 Å². The van der Waals surface area contributed by atoms with Gasteiger partial charge in [-0.1, -0.05) is 13.8 Å². The second-order valence-corrected chi connectivity index (χ2v) is 6.35. The van der Waals surface area contributed by atoms with Crippen molar-refractivity contribution in [3.05, 3.63) is 16.6 Å². The summed E-state index contributed by atoms with van der Waals surface area (Å²) < 4.78 is 0. The van der Waals surface area contributed by atoms with Crippen LogP contribution >= 0.6 is 11.3 Å². The molecular formula is C14H20N2O3S. The molecular weight excluding hydrogens is 276 g/mol. The number of hydrogen-bond donors (Lipinski definition) is 1. The molecule has 1 aromatic rings. The van der Waals surface area contributed by atoms with Gasteiger partial charge in [0, 0.05) is 18.3 Å². The van der Waals surface area contributed by atoms with Crippen molar-refractivity contribution in [3.63, 3.8) is 0 Å². The molecule has 0 saturated carbocycles. The molecule has 5 nitrogen and oxygen atoms in total. The fourth-order valence-electron chi connectivity index (χ4n) is 2.75. The minimum Gasteiger partial charge on any atom is -0.481 e. The highest BCUT2D eigenvalue weighted by Crippen LogP contribution is 2.36. The molecule has 0 spiro atoms. The van der Waals surface area contributed by atoms with Gasteiger partial charge >= 0.3 is 5.97 Å². The Morgan fingerprint density at radius 3 is 2.90 bits per heavy atom. The van der Waals surface area contributed by atoms with Crippen LogP contribution in [0, 0.1) is 11.8 Å². The van der Waals surface area contributed by atoms with E-state index in [0.29, 0.717) is 37.4 Å². The molecule has 0 radical (unpaired) electrons. The maximum Gasteiger partial charge on any atom is 0.309 e. The number of carbonyl (C=O) groups is 2. The Hall–Kier alpha value is -1.43. The van der Waals surface area contributed by atoms with E-state index >= 15 is 0 Å². The van der Waals surface area contributed by atoms with Gasteiger partial charge in [-0.2, -0.15) is 0 Å². The third kappa shape index (κ3) is 3.17. The van der Waals surface area contributed by atoms with Crippen molar-refractivity contribution in [1.82, 2.24) is 9.88 Å². The minimum absolute atomic E-state index is 0.0421. The monoisotopic (exact) mass is 296 g/mol. The summed E-state index contributed by atoms with van der Waals surface area (Å²) in [6.07, 6.45) is 1.58. The van der Waals surface area contributed by atoms with Crippen LogP contribution in [0.4, 0.5) is 0 Å². The molecule has 6 heteroatoms. The van der Waals surface area contributed by atoms with E-state index in [2.05, 4.69) is 4.98 Å². The Labute approximate surface area is 122 Å². The first-order chi connectivity index (χ1) is 9.50. The van der Waals surface area contributed by atoms with Crippen molar-refractivity contribution >= 4 is 23.2 Å². The molecule has 2 atom stereocenters. The molecule has 0 bridgehead atoms. The molecule has 1 fully saturated rings. The summed E-state index contributed by atoms with van der Waals surface area (Å²) in [5.41, 5.74) is 2.40. The average Bonchev–Trinajstić information content (AvgIpc) is 2.83. The Morgan fingerprint density at radius 2 is 2.35 bits per heavy atom. The van der Waals surface area contributed by atoms with E-state index in [1.165, 1.54) is 11.3 Å². The first-order valence-corrected chi connectivity index (χ1v) is 7.85. The molecule has 110 valence electrons. The number of rotatable bonds is 4. The zero-order chi connectivity index (χ0) is 14.7. The van der Waals surface area contributed by atoms with E-state index < -0.39 is 17.9 Å². The number of carbonyl (C=O) groups excluding carboxylic acids is 1. The molecule has 1 amide bonds. The first-order valence-electron chi connectivity index (χ1n) is 6.91. The highest BCUT2D eigenvalue weighted by Gasteiger charge is 2.39. The number of likely N-dealkylation sites (tertiary alicyclic amines) is 1. The first kappa shape index (κ1) is 15.0. The third-order valence-electron chi connectivity index (χ3n) is 3.58. The van der Waals surface area contributed by atoms with Crippen molar-refractivity contribution in [1.29, 1.82) is 0 Å². The Balaban J connectivity index is 2.40. The van der Waals surface area contributed by atoms with Crippen molar-refractivity contribution < 1.29 is 14.7 Å². The highest BCUT2D eigenvalue weighted by atomic mass is 32.1. The lowest BCUT2D eigenvalue weighted by Crippen LogP contribution is -2.41. The molecule has 1 aliphatic heterocycles. The molecule has 2 unspecified atom stereocenters. The molecule has 0 aromatic carbocycles. The summed E-state index contributed by atoms with van der Waals surface area (Å²) in [6.45, 7) is 4.64. The largest absolute Gasteiger partial charge is 0.481 e. The van der Waals surface area contributed by atoms with E-state index in [0.717, 1.165) is 0 Å². The Morgan fingerprint density at radius 1 is 1.60 bits per heavy atom. The second-order valence-electron chi connectivity index (χ2n) is 5.64. The summed E-state index contributed by atoms with van der Waals surface area (Å²) >= 11 is 1.43. The molecule has 0 aliphatic carbocycles. The zero-order valence-corrected chi connectivity index (χ0v) is 12.6. The normalized spacial score (nSPS) is 23.9. The quantitative estimate of drug-likeness (QED) is 0.927. The molecule has 1 aromatic heterocycles. The Kier molecular flexibility index (Phi) is 4.75. The highest BCUT2D eigenvalue weighted by molar-refractivity contribution is 7.07. The van der Waals surface area contributed by atoms with Gasteiger partial charge in [-0.25, -0.2) is 4.98 Å². The SMILES string of the molecule is CC(C)CN1C(=O)CCCC(C(=O)O)C1c1cscn1. The van der Waals surface area contributed by atoms with E-state index in [4.69, 9.17) is 0 Å². The molecule has 20 heavy (non-hydrogen) atoms. The van der Waals surface area contributed by atoms with Gasteiger partial charge in [0.25, 0.3) is 0 Å². The van der Waals surface area contributed by atoms with Gasteiger partial charge in [0.2, 0.25) is 5.91 Å². The number of hydrogen-bond acceptors (Lipinski definition) is 4. The summed E-state index contributed by atoms with van der Waals surface area (Å²) in [6, 6.07) is -0.434. The predicted octanol–water partition coefficient (Wildman–Crippen LogP) is 2.55. The van der Waals surface area contributed by atoms with Crippen LogP contribution in [0.1, 0.15) is 44.8 Å². The van der Waals surface area contributed by atoms with Crippen LogP contribution in [0.2, 0.25) is 0 Å². The van der Waals surface area contributed by atoms with Crippen LogP contribution in [-0.4, -0.2) is 33.4 Å². The maximum atomic E-state index is 12.3. The van der Waals surface area contributed by atoms with E-state index in [1.807, 2.05) is 19.2 Å². The third-order valence-corrected chi connectivity index (χ3v) is 4.18. The van der Waals surface area contributed by atoms with Crippen molar-refractivity contribution in [2.75, 3.05) is 6.54 Å². The summed E-state index contributed by atoms with van der Waals surface area (Å²) in [5.74, 6) is -1.07. The van der Waals surface area contributed by atoms with E-state index in [9.17, 15) is 14.7 Å². The van der Waals surface area contributed by atoms with Gasteiger partial charge in [-0.15, -0.1) is 11.3 Å². The van der Waals surface area contributed by atoms with Crippen molar-refractivity contribution in [2.24, 2.45) is 11.8 Å². The van der Waals surface area contributed by atoms with Crippen LogP contribution in [0.25, 0.3) is 0 Å². The smallest absolute Gasteiger partial charge is 0.309 e. The van der Waals surface area contributed by atoms with Gasteiger partial charge in [-0.05, 0) is 18.8 Å². The fourth-order valence-corrected chi connectivity index (χ4v) is 3.33. The minimum atomic E-state index is -0.841. The van der Waals surface area contributed by atoms with Gasteiger partial charge in [0.05, 0.1) is 23.2 Å². The van der Waals surface area contributed by atoms with Gasteiger partial charge in [0.1, 0.15) is 0 Å². The number of nitrogens with zero attached hydrogens (tertiary/aromatic N) is 2. The maximum absolute atomic E-state index is 12.3. The van der Waals surface area contributed by atoms with Crippen molar-refractivity contribution in [3.8, 4) is 0 Å². The molecule has 2 heterocycles. The molecule has 1 saturated heterocycles. The van der Waals surface area contributed by atoms with Crippen LogP contribution in [0.3, 0.4) is 0 Å². The van der Waals surface area contributed by atoms with Gasteiger partial charge in [0.15, 0.2) is 0 Å². The van der Waals surface area contributed by atoms with Gasteiger partial charge in [-0.3, -0.25) is 9.59 Å². The fraction of sp³-hybridized carbons (Fsp3) is 0.643. The number of aromatic nitrogens is 1. The van der Waals surface area contributed by atoms with Crippen LogP contribution in [0.5, 0.6) is 0 Å². The number of aliphatic carboxylic acids is 1. The predicted molar refractivity (Wildman–Crippen MR) is 76.4 cm³/mol. The van der Waals surface area contributed by atoms with Gasteiger partial charge < -0.3 is 10.0 Å². The topological polar surface area (TPSA) is 70.5 Å². The molecule has 1 N–H and O–H groups in total. The van der Waals surface area contributed by atoms with Crippen LogP contribution < -0.4 is 0 Å². The number of thiazole rings is 1. The zero-order valence-electron chi connectivity index (χ0n) is 11.8. The lowest BCUT2D eigenvalue weighted by atomic mass is 9.92. The van der Waals surface area contributed by atoms with Crippen LogP contribution in [-0.2, 0) is 9.59 Å². The van der Waals surface area contributed by atoms with Crippen molar-refractivity contribution in [2.45, 2.75) is 39.2 Å². The Bertz CT molecular complexity index is 473. The summed E-state index contributed by atoms with van der Waals surface area (Å²) in [7, 11) is 0. The number of amides is 1. The summed E-state index contributed by atoms with van der Waals surface area (Å²) in [4.78, 5) is 29.9. The van der Waals surface area contributed by atoms with Crippen LogP contribution in [0.15, 0.2) is 10.9 Å². The number of carboxylic acid groups (broad SMARTS) is 1. The molecule has 1 aliphatic rings. The molecule has 2 rings (SSSR count). The lowest BCUT2D eigenvalue weighted by Gasteiger charge is -2.33. The van der Waals surface area contributed by atoms with E-state index in [-0.39, 0.29) is 5.91 Å². The standard InChI is InChI=1S/C14H20N2O3S/c1-9(2)6-16-12(17)5-3-4-10(14(18)19)13(16)11-7-20-8-15-11/h7-10,13H,3-6H2,1-2H3,(H,18,19).